The number of ether oxygens (including phenoxy) is 16. The van der Waals surface area contributed by atoms with E-state index >= 15 is 9.36 Å². The van der Waals surface area contributed by atoms with Crippen LogP contribution in [0.15, 0.2) is 157 Å². The molecule has 7 fully saturated rings. The molecule has 5 aromatic rings. The van der Waals surface area contributed by atoms with Gasteiger partial charge in [0.15, 0.2) is 30.3 Å². The van der Waals surface area contributed by atoms with Crippen LogP contribution in [0.25, 0.3) is 10.4 Å². The third-order valence-corrected chi connectivity index (χ3v) is 26.3. The normalized spacial score (nSPS) is 26.5. The Hall–Kier alpha value is -6.79. The Labute approximate surface area is 764 Å². The number of phosphoric ester groups is 1. The van der Waals surface area contributed by atoms with Crippen LogP contribution in [0.1, 0.15) is 281 Å². The Kier molecular flexibility index (Phi) is 41.8. The van der Waals surface area contributed by atoms with Gasteiger partial charge in [0, 0.05) is 43.4 Å². The second kappa shape index (κ2) is 53.3. The highest BCUT2D eigenvalue weighted by molar-refractivity contribution is 7.47. The summed E-state index contributed by atoms with van der Waals surface area (Å²) in [5.74, 6) is -3.49. The predicted molar refractivity (Wildman–Crippen MR) is 485 cm³/mol. The number of rotatable bonds is 55. The van der Waals surface area contributed by atoms with Crippen molar-refractivity contribution in [3.8, 4) is 0 Å². The van der Waals surface area contributed by atoms with Crippen molar-refractivity contribution in [3.05, 3.63) is 190 Å². The van der Waals surface area contributed by atoms with Gasteiger partial charge in [0.25, 0.3) is 0 Å². The topological polar surface area (TPSA) is 315 Å². The molecule has 2 N–H and O–H groups in total. The van der Waals surface area contributed by atoms with E-state index < -0.39 is 167 Å². The zero-order valence-corrected chi connectivity index (χ0v) is 77.8. The summed E-state index contributed by atoms with van der Waals surface area (Å²) in [6.45, 7) is 8.23. The van der Waals surface area contributed by atoms with Crippen LogP contribution in [0.3, 0.4) is 0 Å². The van der Waals surface area contributed by atoms with Crippen molar-refractivity contribution in [2.75, 3.05) is 26.4 Å². The number of carbonyl (C=O) groups excluding carboxylic acids is 3. The molecule has 4 saturated heterocycles. The van der Waals surface area contributed by atoms with Gasteiger partial charge in [0.1, 0.15) is 91.5 Å². The van der Waals surface area contributed by atoms with Crippen molar-refractivity contribution in [2.24, 2.45) is 5.11 Å². The van der Waals surface area contributed by atoms with E-state index in [2.05, 4.69) is 29.2 Å². The number of unbranched alkanes of at least 4 members (excludes halogenated alkanes) is 20. The zero-order valence-electron chi connectivity index (χ0n) is 76.9. The minimum absolute atomic E-state index is 0.0302. The largest absolute Gasteiger partial charge is 0.472 e. The summed E-state index contributed by atoms with van der Waals surface area (Å²) in [4.78, 5) is 58.9. The molecule has 5 aromatic carbocycles. The number of nitrogens with zero attached hydrogens (tertiary/aromatic N) is 3. The number of fused-ring (bicyclic) bond motifs is 3. The van der Waals surface area contributed by atoms with Gasteiger partial charge >= 0.3 is 25.9 Å². The summed E-state index contributed by atoms with van der Waals surface area (Å²) in [6.07, 6.45) is 9.42. The van der Waals surface area contributed by atoms with Gasteiger partial charge in [0.05, 0.1) is 58.9 Å². The van der Waals surface area contributed by atoms with Crippen LogP contribution in [-0.2, 0) is 132 Å². The number of hydrogen-bond donors (Lipinski definition) is 2. The Balaban J connectivity index is 0.895. The van der Waals surface area contributed by atoms with Crippen molar-refractivity contribution in [1.82, 2.24) is 5.32 Å². The van der Waals surface area contributed by atoms with E-state index in [1.165, 1.54) is 77.0 Å². The minimum Gasteiger partial charge on any atom is -0.462 e. The van der Waals surface area contributed by atoms with Crippen LogP contribution in [0.5, 0.6) is 0 Å². The molecule has 7 aliphatic rings. The minimum atomic E-state index is -5.48. The molecule has 4 heterocycles. The molecule has 28 heteroatoms. The lowest BCUT2D eigenvalue weighted by Crippen LogP contribution is -2.70. The third-order valence-electron chi connectivity index (χ3n) is 25.3. The molecule has 0 bridgehead atoms. The highest BCUT2D eigenvalue weighted by atomic mass is 31.2. The Morgan fingerprint density at radius 2 is 0.876 bits per heavy atom. The van der Waals surface area contributed by atoms with Gasteiger partial charge < -0.3 is 86.0 Å². The molecule has 2 spiro atoms. The maximum Gasteiger partial charge on any atom is 0.472 e. The number of amides is 1. The highest BCUT2D eigenvalue weighted by Crippen LogP contribution is 2.57. The van der Waals surface area contributed by atoms with Gasteiger partial charge in [-0.05, 0) is 92.6 Å². The van der Waals surface area contributed by atoms with Gasteiger partial charge in [-0.3, -0.25) is 18.6 Å². The Bertz CT molecular complexity index is 4110. The standard InChI is InChI=1S/C101H145N4O23P/c1-6-8-10-12-14-16-18-20-22-24-43-59-82(106)112-71-79(118-83(107)60-44-25-23-21-19-17-15-13-11-9-7-2)72-117-129(109,110)128-94-89(90-91(124-100(123-90)61-45-31-46-62-100)92-93(94)126-101(125-92)63-47-32-48-64-101)122-96-84(104-98(108)127-99(3,4)5)87(114-68-76-53-37-28-38-54-76)86(80(119-96)65-103-105-102)121-97-95(116-70-78-57-41-30-42-58-78)88(115-69-77-55-39-29-40-56-77)85(113-67-75-51-35-27-36-52-75)81(120-97)73-111-66-74-49-33-26-34-50-74/h26-30,33-42,49-58,79-81,84-97H,6-25,31-32,43-48,59-73H2,1-5H3,(H,104,108)(H,109,110)/t79-,80-,81-,84-,85-,86-,87-,88+,89-,90-,91+,92-,93-,94+,95+,96-,97-/m1/s1. The molecule has 18 atom stereocenters. The zero-order chi connectivity index (χ0) is 90.4. The summed E-state index contributed by atoms with van der Waals surface area (Å²) in [5.41, 5.74) is 13.7. The van der Waals surface area contributed by atoms with E-state index in [0.29, 0.717) is 44.1 Å². The number of carbonyl (C=O) groups is 3. The lowest BCUT2D eigenvalue weighted by atomic mass is 9.84. The maximum atomic E-state index is 15.7. The van der Waals surface area contributed by atoms with Gasteiger partial charge in [-0.2, -0.15) is 0 Å². The summed E-state index contributed by atoms with van der Waals surface area (Å²) < 4.78 is 141. The number of benzene rings is 5. The molecule has 0 aromatic heterocycles. The van der Waals surface area contributed by atoms with Gasteiger partial charge in [0.2, 0.25) is 0 Å². The quantitative estimate of drug-likeness (QED) is 0.00695. The van der Waals surface area contributed by atoms with E-state index in [0.717, 1.165) is 112 Å². The predicted octanol–water partition coefficient (Wildman–Crippen LogP) is 21.2. The monoisotopic (exact) mass is 1810 g/mol. The van der Waals surface area contributed by atoms with E-state index in [9.17, 15) is 20.0 Å². The van der Waals surface area contributed by atoms with Gasteiger partial charge in [-0.25, -0.2) is 9.36 Å². The van der Waals surface area contributed by atoms with E-state index in [1.807, 2.05) is 152 Å². The molecule has 12 rings (SSSR count). The molecule has 0 radical (unpaired) electrons. The van der Waals surface area contributed by atoms with Crippen molar-refractivity contribution in [3.63, 3.8) is 0 Å². The fourth-order valence-corrected chi connectivity index (χ4v) is 19.6. The summed E-state index contributed by atoms with van der Waals surface area (Å²) in [6, 6.07) is 46.8. The van der Waals surface area contributed by atoms with Crippen LogP contribution in [0, 0.1) is 0 Å². The van der Waals surface area contributed by atoms with Crippen molar-refractivity contribution < 1.29 is 109 Å². The second-order valence-corrected chi connectivity index (χ2v) is 38.3. The van der Waals surface area contributed by atoms with E-state index in [4.69, 9.17) is 84.8 Å². The Morgan fingerprint density at radius 3 is 1.34 bits per heavy atom. The molecule has 1 amide bonds. The lowest BCUT2D eigenvalue weighted by molar-refractivity contribution is -0.368. The average Bonchev–Trinajstić information content (AvgIpc) is 1.55. The number of nitrogens with one attached hydrogen (secondary N) is 1. The molecule has 712 valence electrons. The highest BCUT2D eigenvalue weighted by Gasteiger charge is 2.69. The smallest absolute Gasteiger partial charge is 0.462 e. The SMILES string of the molecule is CCCCCCCCCCCCCC(=O)OC[C@H](COP(=O)(O)O[C@H]1[C@H](O[C@H]2O[C@H](CN=[N+]=[N-])[C@@H](O[C@H]3O[C@H](COCc4ccccc4)[C@@H](OCc4ccccc4)[C@H](OCc4ccccc4)[C@@H]3OCc3ccccc3)[C@H](OCc3ccccc3)[C@H]2NC(=O)OC(C)(C)C)[C@H]2OC3(CCCCC3)O[C@@H]2[C@H]2OC3(CCCCC3)O[C@H]21)OC(=O)CCCCCCCCCCCCC. The molecule has 3 aliphatic carbocycles. The molecule has 3 saturated carbocycles. The molecule has 4 aliphatic heterocycles. The van der Waals surface area contributed by atoms with Crippen molar-refractivity contribution in [1.29, 1.82) is 0 Å². The van der Waals surface area contributed by atoms with Gasteiger partial charge in [-0.15, -0.1) is 0 Å². The number of azide groups is 1. The first-order valence-corrected chi connectivity index (χ1v) is 50.0. The van der Waals surface area contributed by atoms with E-state index in [-0.39, 0.29) is 52.5 Å². The first-order valence-electron chi connectivity index (χ1n) is 48.5. The molecule has 1 unspecified atom stereocenters. The fourth-order valence-electron chi connectivity index (χ4n) is 18.7. The van der Waals surface area contributed by atoms with Gasteiger partial charge in [-0.1, -0.05) is 312 Å². The number of esters is 2. The molecule has 27 nitrogen and oxygen atoms in total. The molecule has 129 heavy (non-hydrogen) atoms. The van der Waals surface area contributed by atoms with Crippen LogP contribution in [0.4, 0.5) is 4.79 Å². The van der Waals surface area contributed by atoms with Crippen LogP contribution in [-0.4, -0.2) is 171 Å². The Morgan fingerprint density at radius 1 is 0.473 bits per heavy atom. The van der Waals surface area contributed by atoms with Crippen LogP contribution < -0.4 is 5.32 Å². The summed E-state index contributed by atoms with van der Waals surface area (Å²) >= 11 is 0. The van der Waals surface area contributed by atoms with Crippen LogP contribution in [0.2, 0.25) is 0 Å². The summed E-state index contributed by atoms with van der Waals surface area (Å²) in [7, 11) is -5.48. The summed E-state index contributed by atoms with van der Waals surface area (Å²) in [5, 5.41) is 7.32. The molecular weight excluding hydrogens is 1670 g/mol. The third kappa shape index (κ3) is 32.5. The second-order valence-electron chi connectivity index (χ2n) is 36.9. The van der Waals surface area contributed by atoms with E-state index in [1.54, 1.807) is 20.8 Å². The number of hydrogen-bond acceptors (Lipinski definition) is 23. The van der Waals surface area contributed by atoms with Crippen molar-refractivity contribution in [2.45, 2.75) is 407 Å². The molecular formula is C101H145N4O23P. The fraction of sp³-hybridized carbons (Fsp3) is 0.673. The number of phosphoric acid groups is 1. The maximum absolute atomic E-state index is 15.7. The average molecular weight is 1810 g/mol. The van der Waals surface area contributed by atoms with Crippen molar-refractivity contribution >= 4 is 25.9 Å². The first kappa shape index (κ1) is 101. The van der Waals surface area contributed by atoms with Crippen LogP contribution >= 0.6 is 7.82 Å². The first-order chi connectivity index (χ1) is 62.9. The lowest BCUT2D eigenvalue weighted by Gasteiger charge is -2.51. The number of alkyl carbamates (subject to hydrolysis) is 1.